The summed E-state index contributed by atoms with van der Waals surface area (Å²) in [5.41, 5.74) is 3.68. The van der Waals surface area contributed by atoms with E-state index in [1.807, 2.05) is 103 Å². The van der Waals surface area contributed by atoms with Gasteiger partial charge in [0.15, 0.2) is 16.7 Å². The normalized spacial score (nSPS) is 15.3. The van der Waals surface area contributed by atoms with Gasteiger partial charge in [-0.15, -0.1) is 0 Å². The Hall–Kier alpha value is -3.33. The van der Waals surface area contributed by atoms with E-state index in [2.05, 4.69) is 31.9 Å². The maximum Gasteiger partial charge on any atom is 0.267 e. The average Bonchev–Trinajstić information content (AvgIpc) is 3.23. The van der Waals surface area contributed by atoms with Crippen molar-refractivity contribution in [1.29, 1.82) is 0 Å². The van der Waals surface area contributed by atoms with Crippen LogP contribution in [0.25, 0.3) is 6.08 Å². The van der Waals surface area contributed by atoms with Gasteiger partial charge < -0.3 is 9.47 Å². The lowest BCUT2D eigenvalue weighted by atomic mass is 10.1. The molecule has 0 bridgehead atoms. The Bertz CT molecular complexity index is 1530. The second kappa shape index (κ2) is 12.7. The van der Waals surface area contributed by atoms with E-state index in [9.17, 15) is 4.79 Å². The van der Waals surface area contributed by atoms with E-state index in [4.69, 9.17) is 14.5 Å². The molecule has 1 heterocycles. The number of amides is 1. The first-order valence-electron chi connectivity index (χ1n) is 12.1. The molecule has 1 fully saturated rings. The van der Waals surface area contributed by atoms with E-state index >= 15 is 0 Å². The SMILES string of the molecule is COc1cc(/C=C2/SC(=Nc3ccccc3)N(Cc3ccccc3)C2=O)cc(Br)c1OCc1ccc(Br)cc1. The predicted octanol–water partition coefficient (Wildman–Crippen LogP) is 8.60. The summed E-state index contributed by atoms with van der Waals surface area (Å²) in [5, 5.41) is 0.641. The highest BCUT2D eigenvalue weighted by molar-refractivity contribution is 9.10. The molecule has 5 rings (SSSR count). The summed E-state index contributed by atoms with van der Waals surface area (Å²) in [5.74, 6) is 1.08. The second-order valence-corrected chi connectivity index (χ2v) is 11.4. The Balaban J connectivity index is 1.43. The van der Waals surface area contributed by atoms with E-state index in [1.165, 1.54) is 11.8 Å². The Kier molecular flexibility index (Phi) is 8.86. The number of benzene rings is 4. The standard InChI is InChI=1S/C31H24Br2N2O3S/c1-37-27-17-23(16-26(33)29(27)38-20-22-12-14-24(32)15-13-22)18-28-30(36)35(19-21-8-4-2-5-9-21)31(39-28)34-25-10-6-3-7-11-25/h2-18H,19-20H2,1H3/b28-18+,34-31?. The molecule has 0 N–H and O–H groups in total. The van der Waals surface area contributed by atoms with Crippen molar-refractivity contribution in [2.24, 2.45) is 4.99 Å². The van der Waals surface area contributed by atoms with Crippen LogP contribution >= 0.6 is 43.6 Å². The fraction of sp³-hybridized carbons (Fsp3) is 0.0968. The number of hydrogen-bond donors (Lipinski definition) is 0. The van der Waals surface area contributed by atoms with Crippen LogP contribution in [0.5, 0.6) is 11.5 Å². The van der Waals surface area contributed by atoms with Gasteiger partial charge in [-0.05, 0) is 86.9 Å². The van der Waals surface area contributed by atoms with Crippen molar-refractivity contribution < 1.29 is 14.3 Å². The third kappa shape index (κ3) is 6.82. The summed E-state index contributed by atoms with van der Waals surface area (Å²) >= 11 is 8.45. The number of thioether (sulfide) groups is 1. The van der Waals surface area contributed by atoms with Crippen molar-refractivity contribution >= 4 is 66.5 Å². The molecule has 0 spiro atoms. The second-order valence-electron chi connectivity index (χ2n) is 8.67. The van der Waals surface area contributed by atoms with Gasteiger partial charge in [-0.2, -0.15) is 0 Å². The van der Waals surface area contributed by atoms with Crippen LogP contribution in [0.2, 0.25) is 0 Å². The Morgan fingerprint density at radius 3 is 2.28 bits per heavy atom. The molecule has 4 aromatic carbocycles. The monoisotopic (exact) mass is 662 g/mol. The van der Waals surface area contributed by atoms with Gasteiger partial charge in [0, 0.05) is 4.47 Å². The lowest BCUT2D eigenvalue weighted by Crippen LogP contribution is -2.28. The van der Waals surface area contributed by atoms with Gasteiger partial charge in [-0.3, -0.25) is 9.69 Å². The minimum atomic E-state index is -0.0933. The van der Waals surface area contributed by atoms with Gasteiger partial charge in [-0.1, -0.05) is 76.6 Å². The van der Waals surface area contributed by atoms with Crippen LogP contribution in [0.3, 0.4) is 0 Å². The van der Waals surface area contributed by atoms with Crippen molar-refractivity contribution in [3.63, 3.8) is 0 Å². The molecule has 0 aromatic heterocycles. The van der Waals surface area contributed by atoms with Crippen LogP contribution in [-0.4, -0.2) is 23.1 Å². The first-order chi connectivity index (χ1) is 19.0. The minimum Gasteiger partial charge on any atom is -0.493 e. The van der Waals surface area contributed by atoms with Crippen molar-refractivity contribution in [1.82, 2.24) is 4.90 Å². The lowest BCUT2D eigenvalue weighted by molar-refractivity contribution is -0.122. The smallest absolute Gasteiger partial charge is 0.267 e. The van der Waals surface area contributed by atoms with E-state index < -0.39 is 0 Å². The van der Waals surface area contributed by atoms with E-state index in [-0.39, 0.29) is 5.91 Å². The van der Waals surface area contributed by atoms with Crippen LogP contribution in [0, 0.1) is 0 Å². The number of para-hydroxylation sites is 1. The number of methoxy groups -OCH3 is 1. The van der Waals surface area contributed by atoms with Crippen LogP contribution in [0.4, 0.5) is 5.69 Å². The summed E-state index contributed by atoms with van der Waals surface area (Å²) in [6.45, 7) is 0.830. The zero-order chi connectivity index (χ0) is 27.2. The van der Waals surface area contributed by atoms with Crippen LogP contribution in [-0.2, 0) is 17.9 Å². The van der Waals surface area contributed by atoms with Gasteiger partial charge in [-0.25, -0.2) is 4.99 Å². The summed E-state index contributed by atoms with van der Waals surface area (Å²) in [4.78, 5) is 20.7. The molecule has 0 atom stereocenters. The van der Waals surface area contributed by atoms with E-state index in [1.54, 1.807) is 12.0 Å². The number of aliphatic imine (C=N–C) groups is 1. The number of amidine groups is 1. The Morgan fingerprint density at radius 2 is 1.59 bits per heavy atom. The summed E-state index contributed by atoms with van der Waals surface area (Å²) in [7, 11) is 1.60. The first kappa shape index (κ1) is 27.2. The van der Waals surface area contributed by atoms with Gasteiger partial charge >= 0.3 is 0 Å². The first-order valence-corrected chi connectivity index (χ1v) is 14.5. The van der Waals surface area contributed by atoms with Gasteiger partial charge in [0.2, 0.25) is 0 Å². The molecule has 0 radical (unpaired) electrons. The molecule has 5 nitrogen and oxygen atoms in total. The van der Waals surface area contributed by atoms with Gasteiger partial charge in [0.1, 0.15) is 6.61 Å². The highest BCUT2D eigenvalue weighted by Crippen LogP contribution is 2.40. The number of ether oxygens (including phenoxy) is 2. The highest BCUT2D eigenvalue weighted by atomic mass is 79.9. The summed E-state index contributed by atoms with van der Waals surface area (Å²) in [6, 6.07) is 31.3. The maximum absolute atomic E-state index is 13.6. The topological polar surface area (TPSA) is 51.1 Å². The molecule has 1 amide bonds. The van der Waals surface area contributed by atoms with Crippen LogP contribution in [0.1, 0.15) is 16.7 Å². The molecule has 1 aliphatic heterocycles. The molecule has 39 heavy (non-hydrogen) atoms. The quantitative estimate of drug-likeness (QED) is 0.177. The Labute approximate surface area is 248 Å². The fourth-order valence-corrected chi connectivity index (χ4v) is 5.80. The van der Waals surface area contributed by atoms with Crippen LogP contribution in [0.15, 0.2) is 116 Å². The number of nitrogens with zero attached hydrogens (tertiary/aromatic N) is 2. The molecule has 8 heteroatoms. The van der Waals surface area contributed by atoms with Crippen LogP contribution < -0.4 is 9.47 Å². The highest BCUT2D eigenvalue weighted by Gasteiger charge is 2.33. The molecule has 0 unspecified atom stereocenters. The minimum absolute atomic E-state index is 0.0933. The third-order valence-corrected chi connectivity index (χ3v) is 8.02. The lowest BCUT2D eigenvalue weighted by Gasteiger charge is -2.15. The summed E-state index contributed by atoms with van der Waals surface area (Å²) in [6.07, 6.45) is 1.87. The molecule has 1 aliphatic rings. The molecule has 4 aromatic rings. The average molecular weight is 664 g/mol. The van der Waals surface area contributed by atoms with Crippen molar-refractivity contribution in [3.05, 3.63) is 128 Å². The number of carbonyl (C=O) groups excluding carboxylic acids is 1. The number of hydrogen-bond acceptors (Lipinski definition) is 5. The molecule has 196 valence electrons. The molecule has 0 saturated carbocycles. The summed E-state index contributed by atoms with van der Waals surface area (Å²) < 4.78 is 13.5. The van der Waals surface area contributed by atoms with E-state index in [0.717, 1.165) is 31.3 Å². The zero-order valence-electron chi connectivity index (χ0n) is 21.0. The molecular formula is C31H24Br2N2O3S. The third-order valence-electron chi connectivity index (χ3n) is 5.90. The van der Waals surface area contributed by atoms with Crippen molar-refractivity contribution in [2.75, 3.05) is 7.11 Å². The zero-order valence-corrected chi connectivity index (χ0v) is 25.0. The maximum atomic E-state index is 13.6. The van der Waals surface area contributed by atoms with Crippen molar-refractivity contribution in [3.8, 4) is 11.5 Å². The van der Waals surface area contributed by atoms with Gasteiger partial charge in [0.25, 0.3) is 5.91 Å². The van der Waals surface area contributed by atoms with E-state index in [0.29, 0.717) is 34.7 Å². The predicted molar refractivity (Wildman–Crippen MR) is 165 cm³/mol. The number of carbonyl (C=O) groups is 1. The molecule has 0 aliphatic carbocycles. The largest absolute Gasteiger partial charge is 0.493 e. The molecular weight excluding hydrogens is 640 g/mol. The van der Waals surface area contributed by atoms with Crippen molar-refractivity contribution in [2.45, 2.75) is 13.2 Å². The Morgan fingerprint density at radius 1 is 0.897 bits per heavy atom. The fourth-order valence-electron chi connectivity index (χ4n) is 3.96. The number of rotatable bonds is 8. The number of halogens is 2. The molecule has 1 saturated heterocycles. The van der Waals surface area contributed by atoms with Gasteiger partial charge in [0.05, 0.1) is 28.7 Å².